The van der Waals surface area contributed by atoms with Crippen molar-refractivity contribution in [1.29, 1.82) is 0 Å². The Balaban J connectivity index is 2.05. The van der Waals surface area contributed by atoms with Gasteiger partial charge < -0.3 is 10.7 Å². The number of nitrogens with two attached hydrogens (primary N) is 1. The molecule has 1 aromatic rings. The molecule has 0 saturated carbocycles. The first-order chi connectivity index (χ1) is 6.40. The Morgan fingerprint density at radius 1 is 1.62 bits per heavy atom. The second-order valence-corrected chi connectivity index (χ2v) is 5.39. The van der Waals surface area contributed by atoms with Gasteiger partial charge in [-0.2, -0.15) is 11.8 Å². The van der Waals surface area contributed by atoms with Crippen LogP contribution in [0.5, 0.6) is 0 Å². The van der Waals surface area contributed by atoms with E-state index in [1.54, 1.807) is 0 Å². The van der Waals surface area contributed by atoms with Gasteiger partial charge in [-0.25, -0.2) is 4.98 Å². The maximum absolute atomic E-state index is 5.51. The summed E-state index contributed by atoms with van der Waals surface area (Å²) in [5.41, 5.74) is 6.54. The van der Waals surface area contributed by atoms with E-state index in [4.69, 9.17) is 5.73 Å². The van der Waals surface area contributed by atoms with Crippen molar-refractivity contribution in [1.82, 2.24) is 9.97 Å². The molecule has 1 unspecified atom stereocenters. The molecule has 2 rings (SSSR count). The third-order valence-electron chi connectivity index (χ3n) is 1.99. The van der Waals surface area contributed by atoms with Gasteiger partial charge in [-0.3, -0.25) is 0 Å². The van der Waals surface area contributed by atoms with Crippen LogP contribution in [-0.4, -0.2) is 27.2 Å². The van der Waals surface area contributed by atoms with Crippen LogP contribution in [-0.2, 0) is 6.54 Å². The normalized spacial score (nSPS) is 23.3. The lowest BCUT2D eigenvalue weighted by molar-refractivity contribution is 0.936. The molecule has 2 heterocycles. The molecule has 13 heavy (non-hydrogen) atoms. The second-order valence-electron chi connectivity index (χ2n) is 2.93. The molecular weight excluding hydrogens is 202 g/mol. The summed E-state index contributed by atoms with van der Waals surface area (Å²) in [6.45, 7) is 0.553. The molecule has 1 aromatic heterocycles. The summed E-state index contributed by atoms with van der Waals surface area (Å²) in [7, 11) is 0. The van der Waals surface area contributed by atoms with Gasteiger partial charge in [-0.15, -0.1) is 11.8 Å². The third kappa shape index (κ3) is 2.21. The average Bonchev–Trinajstić information content (AvgIpc) is 2.67. The molecule has 0 aromatic carbocycles. The van der Waals surface area contributed by atoms with Gasteiger partial charge in [-0.05, 0) is 0 Å². The molecule has 5 heteroatoms. The number of nitrogens with zero attached hydrogens (tertiary/aromatic N) is 1. The molecule has 72 valence electrons. The summed E-state index contributed by atoms with van der Waals surface area (Å²) in [4.78, 5) is 7.60. The van der Waals surface area contributed by atoms with E-state index in [0.29, 0.717) is 11.8 Å². The van der Waals surface area contributed by atoms with E-state index in [-0.39, 0.29) is 0 Å². The number of thioether (sulfide) groups is 2. The average molecular weight is 215 g/mol. The highest BCUT2D eigenvalue weighted by Crippen LogP contribution is 2.34. The SMILES string of the molecule is NCc1cnc(C2CSCCS2)[nH]1. The molecule has 1 saturated heterocycles. The molecule has 1 aliphatic heterocycles. The maximum Gasteiger partial charge on any atom is 0.120 e. The quantitative estimate of drug-likeness (QED) is 0.783. The molecule has 1 atom stereocenters. The van der Waals surface area contributed by atoms with E-state index in [1.165, 1.54) is 17.3 Å². The highest BCUT2D eigenvalue weighted by Gasteiger charge is 2.18. The summed E-state index contributed by atoms with van der Waals surface area (Å²) in [5, 5.41) is 0.541. The summed E-state index contributed by atoms with van der Waals surface area (Å²) >= 11 is 3.99. The minimum absolute atomic E-state index is 0.541. The lowest BCUT2D eigenvalue weighted by atomic mass is 10.4. The fraction of sp³-hybridized carbons (Fsp3) is 0.625. The van der Waals surface area contributed by atoms with E-state index < -0.39 is 0 Å². The van der Waals surface area contributed by atoms with Crippen LogP contribution in [0.4, 0.5) is 0 Å². The Kier molecular flexibility index (Phi) is 3.18. The van der Waals surface area contributed by atoms with E-state index in [9.17, 15) is 0 Å². The number of nitrogens with one attached hydrogen (secondary N) is 1. The number of hydrogen-bond donors (Lipinski definition) is 2. The highest BCUT2D eigenvalue weighted by molar-refractivity contribution is 8.06. The lowest BCUT2D eigenvalue weighted by Crippen LogP contribution is -2.08. The zero-order valence-electron chi connectivity index (χ0n) is 7.32. The molecule has 1 aliphatic rings. The van der Waals surface area contributed by atoms with Crippen LogP contribution in [0.3, 0.4) is 0 Å². The molecule has 0 bridgehead atoms. The summed E-state index contributed by atoms with van der Waals surface area (Å²) in [6.07, 6.45) is 1.84. The zero-order chi connectivity index (χ0) is 9.10. The summed E-state index contributed by atoms with van der Waals surface area (Å²) in [5.74, 6) is 4.76. The first-order valence-corrected chi connectivity index (χ1v) is 6.53. The van der Waals surface area contributed by atoms with Crippen molar-refractivity contribution >= 4 is 23.5 Å². The first-order valence-electron chi connectivity index (χ1n) is 4.33. The van der Waals surface area contributed by atoms with Crippen molar-refractivity contribution in [3.05, 3.63) is 17.7 Å². The van der Waals surface area contributed by atoms with Gasteiger partial charge in [-0.1, -0.05) is 0 Å². The number of aromatic nitrogens is 2. The summed E-state index contributed by atoms with van der Waals surface area (Å²) in [6, 6.07) is 0. The standard InChI is InChI=1S/C8H13N3S2/c9-3-6-4-10-8(11-6)7-5-12-1-2-13-7/h4,7H,1-3,5,9H2,(H,10,11). The topological polar surface area (TPSA) is 54.7 Å². The number of H-pyrrole nitrogens is 1. The zero-order valence-corrected chi connectivity index (χ0v) is 8.96. The first kappa shape index (κ1) is 9.43. The second kappa shape index (κ2) is 4.39. The molecule has 1 fully saturated rings. The fourth-order valence-electron chi connectivity index (χ4n) is 1.29. The molecular formula is C8H13N3S2. The molecule has 0 spiro atoms. The van der Waals surface area contributed by atoms with Crippen molar-refractivity contribution < 1.29 is 0 Å². The smallest absolute Gasteiger partial charge is 0.120 e. The summed E-state index contributed by atoms with van der Waals surface area (Å²) < 4.78 is 0. The van der Waals surface area contributed by atoms with E-state index in [0.717, 1.165) is 11.5 Å². The van der Waals surface area contributed by atoms with Crippen LogP contribution in [0.1, 0.15) is 16.8 Å². The number of rotatable bonds is 2. The van der Waals surface area contributed by atoms with Gasteiger partial charge in [0.25, 0.3) is 0 Å². The molecule has 0 aliphatic carbocycles. The largest absolute Gasteiger partial charge is 0.344 e. The van der Waals surface area contributed by atoms with E-state index in [1.807, 2.05) is 29.7 Å². The monoisotopic (exact) mass is 215 g/mol. The Labute approximate surface area is 86.3 Å². The lowest BCUT2D eigenvalue weighted by Gasteiger charge is -2.18. The number of hydrogen-bond acceptors (Lipinski definition) is 4. The molecule has 0 amide bonds. The number of imidazole rings is 1. The van der Waals surface area contributed by atoms with Crippen molar-refractivity contribution in [2.45, 2.75) is 11.8 Å². The van der Waals surface area contributed by atoms with Crippen LogP contribution < -0.4 is 5.73 Å². The Hall–Kier alpha value is -0.130. The van der Waals surface area contributed by atoms with Gasteiger partial charge in [0.15, 0.2) is 0 Å². The molecule has 3 N–H and O–H groups in total. The van der Waals surface area contributed by atoms with Crippen molar-refractivity contribution in [2.24, 2.45) is 5.73 Å². The Morgan fingerprint density at radius 2 is 2.54 bits per heavy atom. The minimum atomic E-state index is 0.541. The number of aromatic amines is 1. The van der Waals surface area contributed by atoms with E-state index >= 15 is 0 Å². The van der Waals surface area contributed by atoms with Crippen LogP contribution in [0, 0.1) is 0 Å². The Morgan fingerprint density at radius 3 is 3.15 bits per heavy atom. The van der Waals surface area contributed by atoms with Gasteiger partial charge in [0, 0.05) is 35.7 Å². The van der Waals surface area contributed by atoms with Gasteiger partial charge >= 0.3 is 0 Å². The van der Waals surface area contributed by atoms with Crippen LogP contribution in [0.25, 0.3) is 0 Å². The molecule has 3 nitrogen and oxygen atoms in total. The van der Waals surface area contributed by atoms with Crippen molar-refractivity contribution in [2.75, 3.05) is 17.3 Å². The van der Waals surface area contributed by atoms with Gasteiger partial charge in [0.1, 0.15) is 5.82 Å². The van der Waals surface area contributed by atoms with Crippen molar-refractivity contribution in [3.63, 3.8) is 0 Å². The highest BCUT2D eigenvalue weighted by atomic mass is 32.2. The van der Waals surface area contributed by atoms with Crippen LogP contribution >= 0.6 is 23.5 Å². The van der Waals surface area contributed by atoms with Crippen molar-refractivity contribution in [3.8, 4) is 0 Å². The van der Waals surface area contributed by atoms with Gasteiger partial charge in [0.05, 0.1) is 5.25 Å². The van der Waals surface area contributed by atoms with E-state index in [2.05, 4.69) is 9.97 Å². The Bertz CT molecular complexity index is 268. The predicted octanol–water partition coefficient (Wildman–Crippen LogP) is 1.39. The maximum atomic E-state index is 5.51. The molecule has 0 radical (unpaired) electrons. The van der Waals surface area contributed by atoms with Gasteiger partial charge in [0.2, 0.25) is 0 Å². The van der Waals surface area contributed by atoms with Crippen LogP contribution in [0.15, 0.2) is 6.20 Å². The minimum Gasteiger partial charge on any atom is -0.344 e. The van der Waals surface area contributed by atoms with Crippen LogP contribution in [0.2, 0.25) is 0 Å². The third-order valence-corrected chi connectivity index (χ3v) is 4.75. The fourth-order valence-corrected chi connectivity index (χ4v) is 3.92. The predicted molar refractivity (Wildman–Crippen MR) is 59.0 cm³/mol.